The van der Waals surface area contributed by atoms with Gasteiger partial charge in [-0.05, 0) is 62.8 Å². The highest BCUT2D eigenvalue weighted by molar-refractivity contribution is 5.44. The number of hydrogen-bond acceptors (Lipinski definition) is 3. The Morgan fingerprint density at radius 1 is 1.04 bits per heavy atom. The van der Waals surface area contributed by atoms with Crippen LogP contribution in [0.4, 0.5) is 4.39 Å². The lowest BCUT2D eigenvalue weighted by Gasteiger charge is -2.57. The van der Waals surface area contributed by atoms with E-state index in [0.717, 1.165) is 25.2 Å². The second kappa shape index (κ2) is 8.45. The Balaban J connectivity index is 1.52. The topological polar surface area (TPSA) is 26.7 Å². The van der Waals surface area contributed by atoms with Crippen molar-refractivity contribution in [2.75, 3.05) is 33.3 Å². The van der Waals surface area contributed by atoms with Crippen LogP contribution in [0.1, 0.15) is 35.4 Å². The summed E-state index contributed by atoms with van der Waals surface area (Å²) in [6.45, 7) is 3.45. The van der Waals surface area contributed by atoms with Gasteiger partial charge in [0, 0.05) is 30.1 Å². The van der Waals surface area contributed by atoms with Crippen molar-refractivity contribution in [2.24, 2.45) is 0 Å². The van der Waals surface area contributed by atoms with Gasteiger partial charge in [-0.25, -0.2) is 4.39 Å². The van der Waals surface area contributed by atoms with Gasteiger partial charge in [0.2, 0.25) is 0 Å². The fraction of sp³-hybridized carbons (Fsp3) is 0.417. The molecule has 1 N–H and O–H groups in total. The van der Waals surface area contributed by atoms with E-state index in [9.17, 15) is 9.50 Å². The molecule has 0 spiro atoms. The molecule has 0 saturated carbocycles. The molecule has 2 aromatic rings. The summed E-state index contributed by atoms with van der Waals surface area (Å²) >= 11 is 0. The van der Waals surface area contributed by atoms with E-state index in [2.05, 4.69) is 40.8 Å². The van der Waals surface area contributed by atoms with E-state index in [1.165, 1.54) is 24.5 Å². The van der Waals surface area contributed by atoms with Gasteiger partial charge < -0.3 is 10.0 Å². The first kappa shape index (κ1) is 19.1. The van der Waals surface area contributed by atoms with Gasteiger partial charge in [-0.15, -0.1) is 0 Å². The summed E-state index contributed by atoms with van der Waals surface area (Å²) in [6, 6.07) is 15.5. The van der Waals surface area contributed by atoms with Gasteiger partial charge in [0.1, 0.15) is 5.82 Å². The Labute approximate surface area is 166 Å². The average Bonchev–Trinajstić information content (AvgIpc) is 2.69. The number of nitrogens with zero attached hydrogens (tertiary/aromatic N) is 2. The van der Waals surface area contributed by atoms with Gasteiger partial charge in [0.05, 0.1) is 12.2 Å². The zero-order valence-electron chi connectivity index (χ0n) is 16.3. The van der Waals surface area contributed by atoms with Crippen LogP contribution in [0.15, 0.2) is 48.5 Å². The number of benzene rings is 2. The number of fused-ring (bicyclic) bond motifs is 1. The summed E-state index contributed by atoms with van der Waals surface area (Å²) in [5.74, 6) is 6.02. The van der Waals surface area contributed by atoms with E-state index < -0.39 is 0 Å². The van der Waals surface area contributed by atoms with E-state index in [-0.39, 0.29) is 18.5 Å². The number of halogens is 1. The third kappa shape index (κ3) is 3.84. The van der Waals surface area contributed by atoms with E-state index in [1.807, 2.05) is 12.1 Å². The molecule has 4 rings (SSSR count). The van der Waals surface area contributed by atoms with Crippen molar-refractivity contribution >= 4 is 0 Å². The molecule has 0 aromatic heterocycles. The fourth-order valence-electron chi connectivity index (χ4n) is 4.60. The zero-order valence-corrected chi connectivity index (χ0v) is 16.3. The minimum atomic E-state index is -0.291. The number of rotatable bonds is 2. The number of hydrogen-bond donors (Lipinski definition) is 1. The second-order valence-corrected chi connectivity index (χ2v) is 7.90. The number of likely N-dealkylation sites (N-methyl/N-ethyl adjacent to an activating group) is 1. The smallest absolute Gasteiger partial charge is 0.138 e. The van der Waals surface area contributed by atoms with Crippen LogP contribution >= 0.6 is 0 Å². The molecule has 3 nitrogen and oxygen atoms in total. The normalized spacial score (nSPS) is 25.6. The van der Waals surface area contributed by atoms with E-state index in [1.54, 1.807) is 18.2 Å². The summed E-state index contributed by atoms with van der Waals surface area (Å²) in [7, 11) is 2.19. The molecule has 2 heterocycles. The molecular formula is C24H27FN2O. The number of aliphatic hydroxyl groups excluding tert-OH is 1. The number of aliphatic hydroxyl groups is 1. The zero-order chi connectivity index (χ0) is 19.5. The van der Waals surface area contributed by atoms with Crippen LogP contribution in [0.5, 0.6) is 0 Å². The Kier molecular flexibility index (Phi) is 5.77. The van der Waals surface area contributed by atoms with Crippen molar-refractivity contribution in [2.45, 2.75) is 30.8 Å². The highest BCUT2D eigenvalue weighted by atomic mass is 19.1. The molecular weight excluding hydrogens is 351 g/mol. The lowest BCUT2D eigenvalue weighted by molar-refractivity contribution is -0.0614. The van der Waals surface area contributed by atoms with Crippen molar-refractivity contribution in [1.82, 2.24) is 9.80 Å². The minimum Gasteiger partial charge on any atom is -0.395 e. The van der Waals surface area contributed by atoms with Crippen molar-refractivity contribution in [3.8, 4) is 11.8 Å². The largest absolute Gasteiger partial charge is 0.395 e. The summed E-state index contributed by atoms with van der Waals surface area (Å²) < 4.78 is 13.7. The maximum atomic E-state index is 13.7. The predicted molar refractivity (Wildman–Crippen MR) is 110 cm³/mol. The Morgan fingerprint density at radius 2 is 1.79 bits per heavy atom. The van der Waals surface area contributed by atoms with Crippen molar-refractivity contribution in [3.05, 3.63) is 71.0 Å². The maximum absolute atomic E-state index is 13.7. The molecule has 146 valence electrons. The molecule has 0 bridgehead atoms. The van der Waals surface area contributed by atoms with Crippen LogP contribution in [0.3, 0.4) is 0 Å². The van der Waals surface area contributed by atoms with Gasteiger partial charge in [0.15, 0.2) is 0 Å². The Bertz CT molecular complexity index is 870. The second-order valence-electron chi connectivity index (χ2n) is 7.90. The standard InChI is InChI=1S/C24H27FN2O/c1-26-14-4-5-15-27-22(16-26)24(23(27)17-28)20-12-9-18(10-13-20)8-11-19-6-2-3-7-21(19)25/h2-3,6-7,9-10,12-13,22-24,28H,4-5,14-17H2,1H3/t22-,23+,24-/m1/s1. The molecule has 2 aliphatic rings. The van der Waals surface area contributed by atoms with E-state index in [4.69, 9.17) is 0 Å². The van der Waals surface area contributed by atoms with Crippen molar-refractivity contribution in [3.63, 3.8) is 0 Å². The fourth-order valence-corrected chi connectivity index (χ4v) is 4.60. The summed E-state index contributed by atoms with van der Waals surface area (Å²) in [6.07, 6.45) is 2.41. The first-order valence-corrected chi connectivity index (χ1v) is 10.1. The minimum absolute atomic E-state index is 0.194. The molecule has 2 saturated heterocycles. The van der Waals surface area contributed by atoms with Gasteiger partial charge in [-0.3, -0.25) is 4.90 Å². The molecule has 0 unspecified atom stereocenters. The lowest BCUT2D eigenvalue weighted by Crippen LogP contribution is -2.67. The van der Waals surface area contributed by atoms with Gasteiger partial charge in [-0.1, -0.05) is 36.1 Å². The summed E-state index contributed by atoms with van der Waals surface area (Å²) in [4.78, 5) is 4.89. The first-order chi connectivity index (χ1) is 13.7. The molecule has 2 fully saturated rings. The summed E-state index contributed by atoms with van der Waals surface area (Å²) in [5, 5.41) is 9.96. The molecule has 28 heavy (non-hydrogen) atoms. The SMILES string of the molecule is CN1CCCCN2[C@H](C1)[C@@H](c1ccc(C#Cc3ccccc3F)cc1)[C@@H]2CO. The molecule has 2 aliphatic heterocycles. The average molecular weight is 378 g/mol. The third-order valence-corrected chi connectivity index (χ3v) is 6.08. The Hall–Kier alpha value is -2.19. The molecule has 0 aliphatic carbocycles. The van der Waals surface area contributed by atoms with Gasteiger partial charge in [-0.2, -0.15) is 0 Å². The highest BCUT2D eigenvalue weighted by Crippen LogP contribution is 2.41. The Morgan fingerprint density at radius 3 is 2.54 bits per heavy atom. The quantitative estimate of drug-likeness (QED) is 0.814. The van der Waals surface area contributed by atoms with Gasteiger partial charge >= 0.3 is 0 Å². The predicted octanol–water partition coefficient (Wildman–Crippen LogP) is 3.08. The summed E-state index contributed by atoms with van der Waals surface area (Å²) in [5.41, 5.74) is 2.54. The molecule has 4 heteroatoms. The molecule has 2 aromatic carbocycles. The monoisotopic (exact) mass is 378 g/mol. The van der Waals surface area contributed by atoms with Crippen LogP contribution in [0.2, 0.25) is 0 Å². The molecule has 0 radical (unpaired) electrons. The van der Waals surface area contributed by atoms with Crippen LogP contribution in [0.25, 0.3) is 0 Å². The van der Waals surface area contributed by atoms with Crippen LogP contribution in [-0.4, -0.2) is 60.3 Å². The van der Waals surface area contributed by atoms with E-state index in [0.29, 0.717) is 17.5 Å². The van der Waals surface area contributed by atoms with Crippen molar-refractivity contribution in [1.29, 1.82) is 0 Å². The van der Waals surface area contributed by atoms with Gasteiger partial charge in [0.25, 0.3) is 0 Å². The van der Waals surface area contributed by atoms with Crippen LogP contribution in [-0.2, 0) is 0 Å². The first-order valence-electron chi connectivity index (χ1n) is 10.1. The maximum Gasteiger partial charge on any atom is 0.138 e. The molecule has 0 amide bonds. The van der Waals surface area contributed by atoms with Crippen LogP contribution in [0, 0.1) is 17.7 Å². The highest BCUT2D eigenvalue weighted by Gasteiger charge is 2.48. The lowest BCUT2D eigenvalue weighted by atomic mass is 9.74. The third-order valence-electron chi connectivity index (χ3n) is 6.08. The van der Waals surface area contributed by atoms with Crippen LogP contribution < -0.4 is 0 Å². The van der Waals surface area contributed by atoms with E-state index >= 15 is 0 Å². The van der Waals surface area contributed by atoms with Crippen molar-refractivity contribution < 1.29 is 9.50 Å². The molecule has 3 atom stereocenters.